The van der Waals surface area contributed by atoms with Gasteiger partial charge in [0.15, 0.2) is 5.11 Å². The molecular weight excluding hydrogens is 276 g/mol. The maximum Gasteiger partial charge on any atom is 0.170 e. The number of hydrogen-bond acceptors (Lipinski definition) is 1. The third-order valence-electron chi connectivity index (χ3n) is 5.33. The zero-order valence-electron chi connectivity index (χ0n) is 12.7. The molecule has 0 atom stereocenters. The molecule has 0 saturated heterocycles. The van der Waals surface area contributed by atoms with Gasteiger partial charge in [-0.15, -0.1) is 0 Å². The van der Waals surface area contributed by atoms with E-state index in [-0.39, 0.29) is 0 Å². The van der Waals surface area contributed by atoms with Crippen LogP contribution in [0.4, 0.5) is 5.69 Å². The van der Waals surface area contributed by atoms with Gasteiger partial charge in [0.25, 0.3) is 0 Å². The Morgan fingerprint density at radius 3 is 2.29 bits per heavy atom. The maximum absolute atomic E-state index is 5.44. The first-order valence-corrected chi connectivity index (χ1v) is 8.79. The first kappa shape index (κ1) is 14.8. The average molecular weight is 302 g/mol. The molecule has 0 bridgehead atoms. The van der Waals surface area contributed by atoms with Gasteiger partial charge < -0.3 is 10.6 Å². The van der Waals surface area contributed by atoms with Crippen molar-refractivity contribution in [3.8, 4) is 0 Å². The molecule has 0 radical (unpaired) electrons. The van der Waals surface area contributed by atoms with Crippen molar-refractivity contribution in [3.05, 3.63) is 30.3 Å². The number of benzene rings is 1. The molecule has 2 saturated carbocycles. The lowest BCUT2D eigenvalue weighted by atomic mass is 9.64. The third kappa shape index (κ3) is 3.97. The molecule has 0 aromatic heterocycles. The van der Waals surface area contributed by atoms with Crippen LogP contribution in [0.15, 0.2) is 30.3 Å². The summed E-state index contributed by atoms with van der Waals surface area (Å²) in [6.45, 7) is 0. The molecular formula is C18H26N2S. The second-order valence-corrected chi connectivity index (χ2v) is 7.21. The maximum atomic E-state index is 5.44. The van der Waals surface area contributed by atoms with E-state index in [0.29, 0.717) is 11.5 Å². The van der Waals surface area contributed by atoms with Crippen molar-refractivity contribution in [1.82, 2.24) is 5.32 Å². The van der Waals surface area contributed by atoms with Crippen molar-refractivity contribution in [2.24, 2.45) is 5.41 Å². The summed E-state index contributed by atoms with van der Waals surface area (Å²) in [5, 5.41) is 7.56. The summed E-state index contributed by atoms with van der Waals surface area (Å²) in [6, 6.07) is 10.7. The average Bonchev–Trinajstić information content (AvgIpc) is 2.52. The molecule has 114 valence electrons. The third-order valence-corrected chi connectivity index (χ3v) is 5.55. The zero-order chi connectivity index (χ0) is 14.5. The molecule has 1 aromatic rings. The predicted octanol–water partition coefficient (Wildman–Crippen LogP) is 4.87. The van der Waals surface area contributed by atoms with E-state index in [2.05, 4.69) is 10.6 Å². The Balaban J connectivity index is 1.45. The minimum absolute atomic E-state index is 0.557. The van der Waals surface area contributed by atoms with Gasteiger partial charge >= 0.3 is 0 Å². The van der Waals surface area contributed by atoms with Crippen LogP contribution >= 0.6 is 12.2 Å². The van der Waals surface area contributed by atoms with E-state index in [1.54, 1.807) is 0 Å². The first-order valence-electron chi connectivity index (χ1n) is 8.38. The number of hydrogen-bond donors (Lipinski definition) is 2. The molecule has 2 fully saturated rings. The Hall–Kier alpha value is -1.09. The molecule has 2 aliphatic rings. The second-order valence-electron chi connectivity index (χ2n) is 6.80. The molecule has 3 heteroatoms. The van der Waals surface area contributed by atoms with Crippen molar-refractivity contribution in [2.75, 3.05) is 5.32 Å². The van der Waals surface area contributed by atoms with Crippen LogP contribution in [0.2, 0.25) is 0 Å². The van der Waals surface area contributed by atoms with Gasteiger partial charge in [-0.2, -0.15) is 0 Å². The number of rotatable bonds is 2. The van der Waals surface area contributed by atoms with Gasteiger partial charge in [0, 0.05) is 11.7 Å². The molecule has 2 N–H and O–H groups in total. The smallest absolute Gasteiger partial charge is 0.170 e. The standard InChI is InChI=1S/C18H26N2S/c21-17(19-15-7-3-1-4-8-15)20-16-9-13-18(14-10-16)11-5-2-6-12-18/h1,3-4,7-8,16H,2,5-6,9-14H2,(H2,19,20,21). The predicted molar refractivity (Wildman–Crippen MR) is 93.6 cm³/mol. The van der Waals surface area contributed by atoms with E-state index < -0.39 is 0 Å². The van der Waals surface area contributed by atoms with Gasteiger partial charge in [-0.1, -0.05) is 37.5 Å². The van der Waals surface area contributed by atoms with E-state index in [1.165, 1.54) is 57.8 Å². The summed E-state index contributed by atoms with van der Waals surface area (Å²) in [5.74, 6) is 0. The minimum Gasteiger partial charge on any atom is -0.360 e. The van der Waals surface area contributed by atoms with Crippen LogP contribution in [0, 0.1) is 5.41 Å². The molecule has 1 spiro atoms. The summed E-state index contributed by atoms with van der Waals surface area (Å²) in [5.41, 5.74) is 1.75. The van der Waals surface area contributed by atoms with E-state index in [9.17, 15) is 0 Å². The number of para-hydroxylation sites is 1. The highest BCUT2D eigenvalue weighted by Crippen LogP contribution is 2.47. The van der Waals surface area contributed by atoms with Crippen LogP contribution in [0.5, 0.6) is 0 Å². The quantitative estimate of drug-likeness (QED) is 0.762. The zero-order valence-corrected chi connectivity index (χ0v) is 13.6. The van der Waals surface area contributed by atoms with E-state index in [0.717, 1.165) is 10.8 Å². The van der Waals surface area contributed by atoms with Crippen LogP contribution in [-0.2, 0) is 0 Å². The van der Waals surface area contributed by atoms with Gasteiger partial charge in [0.1, 0.15) is 0 Å². The van der Waals surface area contributed by atoms with Crippen LogP contribution in [-0.4, -0.2) is 11.2 Å². The molecule has 1 aromatic carbocycles. The molecule has 0 unspecified atom stereocenters. The lowest BCUT2D eigenvalue weighted by molar-refractivity contribution is 0.111. The minimum atomic E-state index is 0.557. The summed E-state index contributed by atoms with van der Waals surface area (Å²) in [4.78, 5) is 0. The second kappa shape index (κ2) is 6.78. The lowest BCUT2D eigenvalue weighted by Gasteiger charge is -2.43. The topological polar surface area (TPSA) is 24.1 Å². The Morgan fingerprint density at radius 1 is 0.952 bits per heavy atom. The van der Waals surface area contributed by atoms with Crippen molar-refractivity contribution in [2.45, 2.75) is 63.8 Å². The molecule has 3 rings (SSSR count). The molecule has 0 aliphatic heterocycles. The monoisotopic (exact) mass is 302 g/mol. The van der Waals surface area contributed by atoms with Crippen LogP contribution in [0.25, 0.3) is 0 Å². The largest absolute Gasteiger partial charge is 0.360 e. The van der Waals surface area contributed by atoms with Crippen molar-refractivity contribution < 1.29 is 0 Å². The fourth-order valence-corrected chi connectivity index (χ4v) is 4.33. The molecule has 0 amide bonds. The van der Waals surface area contributed by atoms with Crippen molar-refractivity contribution in [1.29, 1.82) is 0 Å². The molecule has 2 aliphatic carbocycles. The Labute approximate surface area is 133 Å². The van der Waals surface area contributed by atoms with E-state index >= 15 is 0 Å². The first-order chi connectivity index (χ1) is 10.3. The summed E-state index contributed by atoms with van der Waals surface area (Å²) >= 11 is 5.44. The van der Waals surface area contributed by atoms with Crippen LogP contribution < -0.4 is 10.6 Å². The van der Waals surface area contributed by atoms with E-state index in [4.69, 9.17) is 12.2 Å². The molecule has 2 nitrogen and oxygen atoms in total. The van der Waals surface area contributed by atoms with Crippen LogP contribution in [0.1, 0.15) is 57.8 Å². The number of thiocarbonyl (C=S) groups is 1. The summed E-state index contributed by atoms with van der Waals surface area (Å²) in [6.07, 6.45) is 12.6. The summed E-state index contributed by atoms with van der Waals surface area (Å²) < 4.78 is 0. The van der Waals surface area contributed by atoms with Gasteiger partial charge in [-0.05, 0) is 68.3 Å². The molecule has 0 heterocycles. The highest BCUT2D eigenvalue weighted by Gasteiger charge is 2.36. The number of anilines is 1. The van der Waals surface area contributed by atoms with Gasteiger partial charge in [-0.3, -0.25) is 0 Å². The highest BCUT2D eigenvalue weighted by atomic mass is 32.1. The molecule has 21 heavy (non-hydrogen) atoms. The Bertz CT molecular complexity index is 455. The SMILES string of the molecule is S=C(Nc1ccccc1)NC1CCC2(CCCCC2)CC1. The van der Waals surface area contributed by atoms with Gasteiger partial charge in [0.2, 0.25) is 0 Å². The lowest BCUT2D eigenvalue weighted by Crippen LogP contribution is -2.42. The Kier molecular flexibility index (Phi) is 4.79. The number of nitrogens with one attached hydrogen (secondary N) is 2. The highest BCUT2D eigenvalue weighted by molar-refractivity contribution is 7.80. The fourth-order valence-electron chi connectivity index (χ4n) is 4.05. The van der Waals surface area contributed by atoms with Crippen molar-refractivity contribution in [3.63, 3.8) is 0 Å². The summed E-state index contributed by atoms with van der Waals surface area (Å²) in [7, 11) is 0. The van der Waals surface area contributed by atoms with Crippen LogP contribution in [0.3, 0.4) is 0 Å². The normalized spacial score (nSPS) is 21.9. The van der Waals surface area contributed by atoms with Gasteiger partial charge in [0.05, 0.1) is 0 Å². The fraction of sp³-hybridized carbons (Fsp3) is 0.611. The Morgan fingerprint density at radius 2 is 1.62 bits per heavy atom. The van der Waals surface area contributed by atoms with Gasteiger partial charge in [-0.25, -0.2) is 0 Å². The van der Waals surface area contributed by atoms with E-state index in [1.807, 2.05) is 30.3 Å². The van der Waals surface area contributed by atoms with Crippen molar-refractivity contribution >= 4 is 23.0 Å².